The van der Waals surface area contributed by atoms with E-state index >= 15 is 0 Å². The molecule has 0 amide bonds. The van der Waals surface area contributed by atoms with E-state index in [0.717, 1.165) is 0 Å². The van der Waals surface area contributed by atoms with E-state index in [-0.39, 0.29) is 70.9 Å². The Labute approximate surface area is 122 Å². The molecule has 0 unspecified atom stereocenters. The minimum atomic E-state index is -1.50. The maximum absolute atomic E-state index is 9.26. The van der Waals surface area contributed by atoms with Crippen LogP contribution in [0, 0.1) is 27.7 Å². The van der Waals surface area contributed by atoms with Crippen molar-refractivity contribution in [1.82, 2.24) is 0 Å². The molecule has 0 fully saturated rings. The maximum Gasteiger partial charge on any atom is 0.296 e. The van der Waals surface area contributed by atoms with Crippen LogP contribution < -0.4 is 0 Å². The molecule has 0 bridgehead atoms. The third-order valence-corrected chi connectivity index (χ3v) is 0.276. The molecule has 0 aromatic heterocycles. The Hall–Kier alpha value is 0.194. The van der Waals surface area contributed by atoms with Crippen molar-refractivity contribution in [1.29, 1.82) is 0 Å². The molecule has 0 saturated carbocycles. The van der Waals surface area contributed by atoms with Gasteiger partial charge in [0.25, 0.3) is 10.2 Å². The van der Waals surface area contributed by atoms with Crippen LogP contribution in [0.4, 0.5) is 0 Å². The first-order valence-corrected chi connectivity index (χ1v) is 2.10. The molecule has 14 heavy (non-hydrogen) atoms. The number of hydrogen-bond acceptors (Lipinski definition) is 6. The smallest absolute Gasteiger partial charge is 0.296 e. The standard InChI is InChI=1S/C2H5NO4.CH3.HI.HNO3.Y/c1-6-2-7-3(4)5;;;2-1(3)4;/h2H2,1H3;1H3;1H;(H,2,3,4);/q;-1;;;. The van der Waals surface area contributed by atoms with Crippen LogP contribution in [0.1, 0.15) is 0 Å². The van der Waals surface area contributed by atoms with Crippen molar-refractivity contribution in [2.45, 2.75) is 0 Å². The second-order valence-corrected chi connectivity index (χ2v) is 0.997. The zero-order chi connectivity index (χ0) is 9.28. The number of rotatable bonds is 3. The molecule has 0 rings (SSSR count). The number of nitrogens with zero attached hydrogens (tertiary/aromatic N) is 2. The molecule has 1 N–H and O–H groups in total. The fourth-order valence-corrected chi connectivity index (χ4v) is 0.0957. The van der Waals surface area contributed by atoms with Gasteiger partial charge < -0.3 is 17.4 Å². The zero-order valence-corrected chi connectivity index (χ0v) is 12.7. The van der Waals surface area contributed by atoms with Crippen LogP contribution in [0.2, 0.25) is 0 Å². The Morgan fingerprint density at radius 2 is 1.64 bits per heavy atom. The van der Waals surface area contributed by atoms with Crippen molar-refractivity contribution in [2.24, 2.45) is 0 Å². The first-order chi connectivity index (χ1) is 5.00. The van der Waals surface area contributed by atoms with Gasteiger partial charge in [0, 0.05) is 39.8 Å². The molecular weight excluding hydrogens is 392 g/mol. The summed E-state index contributed by atoms with van der Waals surface area (Å²) in [7, 11) is 1.31. The van der Waals surface area contributed by atoms with E-state index in [1.807, 2.05) is 0 Å². The van der Waals surface area contributed by atoms with Gasteiger partial charge in [0.05, 0.1) is 0 Å². The molecule has 0 spiro atoms. The van der Waals surface area contributed by atoms with Gasteiger partial charge in [-0.3, -0.25) is 4.84 Å². The van der Waals surface area contributed by atoms with Crippen molar-refractivity contribution in [3.63, 3.8) is 0 Å². The summed E-state index contributed by atoms with van der Waals surface area (Å²) in [6.07, 6.45) is 0. The summed E-state index contributed by atoms with van der Waals surface area (Å²) in [5.41, 5.74) is 0. The second-order valence-electron chi connectivity index (χ2n) is 0.997. The van der Waals surface area contributed by atoms with Gasteiger partial charge in [-0.05, 0) is 0 Å². The average Bonchev–Trinajstić information content (AvgIpc) is 1.82. The van der Waals surface area contributed by atoms with Gasteiger partial charge in [0.15, 0.2) is 6.79 Å². The van der Waals surface area contributed by atoms with Crippen molar-refractivity contribution in [2.75, 3.05) is 13.9 Å². The summed E-state index contributed by atoms with van der Waals surface area (Å²) in [6, 6.07) is 0. The summed E-state index contributed by atoms with van der Waals surface area (Å²) >= 11 is 0. The molecule has 85 valence electrons. The maximum atomic E-state index is 9.26. The molecule has 9 nitrogen and oxygen atoms in total. The molecule has 0 saturated heterocycles. The fraction of sp³-hybridized carbons (Fsp3) is 0.667. The zero-order valence-electron chi connectivity index (χ0n) is 7.48. The van der Waals surface area contributed by atoms with E-state index in [9.17, 15) is 10.1 Å². The molecule has 0 aromatic carbocycles. The first kappa shape index (κ1) is 29.2. The van der Waals surface area contributed by atoms with Gasteiger partial charge in [-0.2, -0.15) is 0 Å². The molecule has 0 aliphatic rings. The van der Waals surface area contributed by atoms with Crippen LogP contribution in [0.3, 0.4) is 0 Å². The van der Waals surface area contributed by atoms with Gasteiger partial charge in [-0.15, -0.1) is 44.2 Å². The molecule has 0 aliphatic heterocycles. The summed E-state index contributed by atoms with van der Waals surface area (Å²) < 4.78 is 4.19. The van der Waals surface area contributed by atoms with Crippen LogP contribution in [-0.4, -0.2) is 29.3 Å². The van der Waals surface area contributed by atoms with Crippen LogP contribution in [0.5, 0.6) is 0 Å². The van der Waals surface area contributed by atoms with Gasteiger partial charge in [-0.1, -0.05) is 0 Å². The van der Waals surface area contributed by atoms with E-state index in [4.69, 9.17) is 15.3 Å². The summed E-state index contributed by atoms with van der Waals surface area (Å²) in [6.45, 7) is -0.299. The third-order valence-electron chi connectivity index (χ3n) is 0.276. The Balaban J connectivity index is -0.0000000347. The Bertz CT molecular complexity index is 132. The van der Waals surface area contributed by atoms with E-state index in [1.54, 1.807) is 0 Å². The number of methoxy groups -OCH3 is 1. The molecule has 0 aliphatic carbocycles. The van der Waals surface area contributed by atoms with Crippen molar-refractivity contribution < 1.29 is 57.7 Å². The van der Waals surface area contributed by atoms with Crippen molar-refractivity contribution >= 4 is 24.0 Å². The second kappa shape index (κ2) is 23.2. The summed E-state index contributed by atoms with van der Waals surface area (Å²) in [5.74, 6) is 0. The Morgan fingerprint density at radius 1 is 1.36 bits per heavy atom. The summed E-state index contributed by atoms with van der Waals surface area (Å²) in [5, 5.41) is 22.0. The van der Waals surface area contributed by atoms with Crippen LogP contribution in [-0.2, 0) is 42.3 Å². The quantitative estimate of drug-likeness (QED) is 0.240. The predicted molar refractivity (Wildman–Crippen MR) is 50.6 cm³/mol. The summed E-state index contributed by atoms with van der Waals surface area (Å²) in [4.78, 5) is 21.3. The molecule has 11 heteroatoms. The van der Waals surface area contributed by atoms with Crippen molar-refractivity contribution in [3.8, 4) is 0 Å². The number of hydrogen-bond donors (Lipinski definition) is 1. The van der Waals surface area contributed by atoms with Crippen LogP contribution >= 0.6 is 24.0 Å². The van der Waals surface area contributed by atoms with Gasteiger partial charge in [-0.25, -0.2) is 0 Å². The topological polar surface area (TPSA) is 125 Å². The van der Waals surface area contributed by atoms with Crippen LogP contribution in [0.25, 0.3) is 0 Å². The monoisotopic (exact) mass is 402 g/mol. The minimum absolute atomic E-state index is 0. The number of halogens is 1. The molecule has 0 heterocycles. The van der Waals surface area contributed by atoms with Gasteiger partial charge in [0.1, 0.15) is 0 Å². The molecule has 0 atom stereocenters. The average molecular weight is 402 g/mol. The third kappa shape index (κ3) is 86.9. The molecule has 0 aromatic rings. The largest absolute Gasteiger partial charge is 0.358 e. The van der Waals surface area contributed by atoms with Gasteiger partial charge in [0.2, 0.25) is 0 Å². The molecular formula is C3H10IN2O7Y-. The van der Waals surface area contributed by atoms with E-state index < -0.39 is 10.2 Å². The van der Waals surface area contributed by atoms with E-state index in [1.165, 1.54) is 7.11 Å². The Kier molecular flexibility index (Phi) is 48.5. The molecule has 1 radical (unpaired) electrons. The SMILES string of the molecule is COCO[N+](=O)[O-].I.O=[N+]([O-])O.[CH3-].[Y]. The first-order valence-electron chi connectivity index (χ1n) is 2.10. The van der Waals surface area contributed by atoms with Gasteiger partial charge >= 0.3 is 0 Å². The predicted octanol–water partition coefficient (Wildman–Crippen LogP) is 0.517. The van der Waals surface area contributed by atoms with Crippen molar-refractivity contribution in [3.05, 3.63) is 27.7 Å². The van der Waals surface area contributed by atoms with E-state index in [2.05, 4.69) is 9.57 Å². The van der Waals surface area contributed by atoms with Crippen LogP contribution in [0.15, 0.2) is 0 Å². The normalized spacial score (nSPS) is 5.79. The Morgan fingerprint density at radius 3 is 1.71 bits per heavy atom. The van der Waals surface area contributed by atoms with E-state index in [0.29, 0.717) is 0 Å². The minimum Gasteiger partial charge on any atom is -0.358 e. The fourth-order valence-electron chi connectivity index (χ4n) is 0.0957. The number of ether oxygens (including phenoxy) is 1.